The molecule has 1 heterocycles. The van der Waals surface area contributed by atoms with Crippen molar-refractivity contribution < 1.29 is 32.2 Å². The number of fused-ring (bicyclic) bond motifs is 1. The van der Waals surface area contributed by atoms with Crippen molar-refractivity contribution in [2.75, 3.05) is 32.8 Å². The van der Waals surface area contributed by atoms with Crippen LogP contribution in [0, 0.1) is 11.8 Å². The van der Waals surface area contributed by atoms with E-state index in [2.05, 4.69) is 31.0 Å². The molecule has 1 N–H and O–H groups in total. The van der Waals surface area contributed by atoms with E-state index >= 15 is 0 Å². The predicted molar refractivity (Wildman–Crippen MR) is 167 cm³/mol. The molecule has 0 bridgehead atoms. The number of ether oxygens (including phenoxy) is 3. The maximum atomic E-state index is 12.8. The number of benzene rings is 3. The van der Waals surface area contributed by atoms with E-state index in [0.29, 0.717) is 43.2 Å². The third-order valence-electron chi connectivity index (χ3n) is 8.60. The fraction of sp³-hybridized carbons (Fsp3) is 0.472. The van der Waals surface area contributed by atoms with Gasteiger partial charge in [0.2, 0.25) is 0 Å². The molecule has 3 aromatic rings. The third kappa shape index (κ3) is 8.79. The van der Waals surface area contributed by atoms with Crippen molar-refractivity contribution in [3.63, 3.8) is 0 Å². The zero-order valence-corrected chi connectivity index (χ0v) is 26.4. The molecule has 0 spiro atoms. The molecule has 2 aliphatic rings. The number of hydrogen-bond donors (Lipinski definition) is 1. The molecule has 1 unspecified atom stereocenters. The van der Waals surface area contributed by atoms with Gasteiger partial charge in [0, 0.05) is 38.6 Å². The van der Waals surface area contributed by atoms with E-state index in [-0.39, 0.29) is 12.0 Å². The van der Waals surface area contributed by atoms with Gasteiger partial charge in [-0.3, -0.25) is 4.90 Å². The molecule has 1 aliphatic carbocycles. The quantitative estimate of drug-likeness (QED) is 0.170. The first kappa shape index (κ1) is 32.8. The number of carbonyl (C=O) groups is 1. The molecule has 242 valence electrons. The monoisotopic (exact) mass is 624 g/mol. The Morgan fingerprint density at radius 1 is 0.867 bits per heavy atom. The fourth-order valence-corrected chi connectivity index (χ4v) is 6.04. The first-order valence-electron chi connectivity index (χ1n) is 15.7. The summed E-state index contributed by atoms with van der Waals surface area (Å²) in [7, 11) is 0. The van der Waals surface area contributed by atoms with Crippen molar-refractivity contribution in [3.8, 4) is 11.5 Å². The van der Waals surface area contributed by atoms with Crippen LogP contribution in [0.5, 0.6) is 11.5 Å². The molecule has 3 aromatic carbocycles. The standard InChI is InChI=1S/C36H43F3N2O4/c1-5-43-34(42)32(45-29-16-12-26(13-17-29)35(2,3)4)20-24-8-14-28(15-9-24)44-19-18-40-33-30-22-41(23-31(30)33)21-25-6-10-27(11-7-25)36(37,38)39/h6-17,30-33,40H,5,18-23H2,1-4H3/t30-,31?,32-,33+/m0/s1. The molecule has 0 aromatic heterocycles. The van der Waals surface area contributed by atoms with E-state index in [1.54, 1.807) is 19.1 Å². The van der Waals surface area contributed by atoms with Crippen LogP contribution in [-0.4, -0.2) is 55.9 Å². The molecule has 9 heteroatoms. The van der Waals surface area contributed by atoms with Gasteiger partial charge in [-0.2, -0.15) is 13.2 Å². The molecule has 2 fully saturated rings. The van der Waals surface area contributed by atoms with Gasteiger partial charge < -0.3 is 19.5 Å². The van der Waals surface area contributed by atoms with E-state index < -0.39 is 23.8 Å². The molecule has 45 heavy (non-hydrogen) atoms. The van der Waals surface area contributed by atoms with E-state index in [0.717, 1.165) is 48.6 Å². The maximum absolute atomic E-state index is 12.8. The zero-order chi connectivity index (χ0) is 32.2. The zero-order valence-electron chi connectivity index (χ0n) is 26.4. The van der Waals surface area contributed by atoms with Crippen molar-refractivity contribution in [2.24, 2.45) is 11.8 Å². The summed E-state index contributed by atoms with van der Waals surface area (Å²) >= 11 is 0. The Morgan fingerprint density at radius 2 is 1.44 bits per heavy atom. The fourth-order valence-electron chi connectivity index (χ4n) is 6.04. The summed E-state index contributed by atoms with van der Waals surface area (Å²) in [5, 5.41) is 3.59. The summed E-state index contributed by atoms with van der Waals surface area (Å²) in [6, 6.07) is 21.5. The Kier molecular flexibility index (Phi) is 10.1. The number of alkyl halides is 3. The minimum Gasteiger partial charge on any atom is -0.492 e. The Balaban J connectivity index is 1.02. The summed E-state index contributed by atoms with van der Waals surface area (Å²) in [4.78, 5) is 15.0. The highest BCUT2D eigenvalue weighted by Crippen LogP contribution is 2.45. The molecule has 6 nitrogen and oxygen atoms in total. The number of piperidine rings is 1. The summed E-state index contributed by atoms with van der Waals surface area (Å²) in [6.07, 6.45) is -4.68. The highest BCUT2D eigenvalue weighted by Gasteiger charge is 2.55. The van der Waals surface area contributed by atoms with Crippen molar-refractivity contribution in [1.29, 1.82) is 0 Å². The van der Waals surface area contributed by atoms with Crippen LogP contribution in [0.4, 0.5) is 13.2 Å². The van der Waals surface area contributed by atoms with Crippen molar-refractivity contribution in [1.82, 2.24) is 10.2 Å². The second-order valence-corrected chi connectivity index (χ2v) is 13.0. The summed E-state index contributed by atoms with van der Waals surface area (Å²) in [5.41, 5.74) is 2.46. The molecule has 5 rings (SSSR count). The van der Waals surface area contributed by atoms with Crippen molar-refractivity contribution >= 4 is 5.97 Å². The average Bonchev–Trinajstić information content (AvgIpc) is 3.44. The lowest BCUT2D eigenvalue weighted by Crippen LogP contribution is -2.33. The van der Waals surface area contributed by atoms with E-state index in [4.69, 9.17) is 14.2 Å². The molecule has 0 radical (unpaired) electrons. The van der Waals surface area contributed by atoms with Crippen LogP contribution < -0.4 is 14.8 Å². The van der Waals surface area contributed by atoms with Crippen LogP contribution in [0.2, 0.25) is 0 Å². The second kappa shape index (κ2) is 13.8. The molecule has 0 amide bonds. The van der Waals surface area contributed by atoms with Crippen LogP contribution in [0.25, 0.3) is 0 Å². The number of rotatable bonds is 13. The Labute approximate surface area is 263 Å². The van der Waals surface area contributed by atoms with Gasteiger partial charge in [-0.1, -0.05) is 57.2 Å². The van der Waals surface area contributed by atoms with E-state index in [9.17, 15) is 18.0 Å². The number of halogens is 3. The molecule has 1 saturated heterocycles. The summed E-state index contributed by atoms with van der Waals surface area (Å²) in [6.45, 7) is 12.4. The van der Waals surface area contributed by atoms with Gasteiger partial charge in [0.05, 0.1) is 12.2 Å². The molecular weight excluding hydrogens is 581 g/mol. The minimum absolute atomic E-state index is 0.0288. The number of esters is 1. The highest BCUT2D eigenvalue weighted by atomic mass is 19.4. The van der Waals surface area contributed by atoms with Gasteiger partial charge in [0.15, 0.2) is 6.10 Å². The lowest BCUT2D eigenvalue weighted by Gasteiger charge is -2.21. The molecule has 4 atom stereocenters. The van der Waals surface area contributed by atoms with Gasteiger partial charge in [0.1, 0.15) is 18.1 Å². The van der Waals surface area contributed by atoms with Crippen LogP contribution >= 0.6 is 0 Å². The number of nitrogens with one attached hydrogen (secondary N) is 1. The predicted octanol–water partition coefficient (Wildman–Crippen LogP) is 6.65. The average molecular weight is 625 g/mol. The largest absolute Gasteiger partial charge is 0.492 e. The molecular formula is C36H43F3N2O4. The van der Waals surface area contributed by atoms with Gasteiger partial charge in [0.25, 0.3) is 0 Å². The van der Waals surface area contributed by atoms with Crippen LogP contribution in [0.1, 0.15) is 49.9 Å². The van der Waals surface area contributed by atoms with Gasteiger partial charge in [-0.15, -0.1) is 0 Å². The number of hydrogen-bond acceptors (Lipinski definition) is 6. The highest BCUT2D eigenvalue weighted by molar-refractivity contribution is 5.75. The first-order valence-corrected chi connectivity index (χ1v) is 15.7. The number of likely N-dealkylation sites (tertiary alicyclic amines) is 1. The van der Waals surface area contributed by atoms with Gasteiger partial charge in [-0.25, -0.2) is 4.79 Å². The lowest BCUT2D eigenvalue weighted by atomic mass is 9.87. The van der Waals surface area contributed by atoms with Crippen LogP contribution in [0.15, 0.2) is 72.8 Å². The second-order valence-electron chi connectivity index (χ2n) is 13.0. The molecule has 1 aliphatic heterocycles. The minimum atomic E-state index is -4.30. The SMILES string of the molecule is CCOC(=O)[C@H](Cc1ccc(OCCN[C@H]2C3CN(Cc4ccc(C(F)(F)F)cc4)C[C@@H]32)cc1)Oc1ccc(C(C)(C)C)cc1. The van der Waals surface area contributed by atoms with Crippen LogP contribution in [-0.2, 0) is 34.1 Å². The Morgan fingerprint density at radius 3 is 2.02 bits per heavy atom. The first-order chi connectivity index (χ1) is 21.4. The van der Waals surface area contributed by atoms with Crippen LogP contribution in [0.3, 0.4) is 0 Å². The van der Waals surface area contributed by atoms with E-state index in [1.165, 1.54) is 5.56 Å². The van der Waals surface area contributed by atoms with Crippen molar-refractivity contribution in [2.45, 2.75) is 64.4 Å². The number of carbonyl (C=O) groups excluding carboxylic acids is 1. The Hall–Kier alpha value is -3.56. The summed E-state index contributed by atoms with van der Waals surface area (Å²) in [5.74, 6) is 2.14. The van der Waals surface area contributed by atoms with Gasteiger partial charge >= 0.3 is 12.1 Å². The van der Waals surface area contributed by atoms with E-state index in [1.807, 2.05) is 48.5 Å². The lowest BCUT2D eigenvalue weighted by molar-refractivity contribution is -0.151. The number of nitrogens with zero attached hydrogens (tertiary/aromatic N) is 1. The normalized spacial score (nSPS) is 20.4. The third-order valence-corrected chi connectivity index (χ3v) is 8.60. The van der Waals surface area contributed by atoms with Crippen molar-refractivity contribution in [3.05, 3.63) is 95.1 Å². The molecule has 1 saturated carbocycles. The van der Waals surface area contributed by atoms with Gasteiger partial charge in [-0.05, 0) is 77.3 Å². The topological polar surface area (TPSA) is 60.0 Å². The summed E-state index contributed by atoms with van der Waals surface area (Å²) < 4.78 is 55.7. The smallest absolute Gasteiger partial charge is 0.416 e. The maximum Gasteiger partial charge on any atom is 0.416 e. The Bertz CT molecular complexity index is 1390.